The molecule has 0 bridgehead atoms. The van der Waals surface area contributed by atoms with E-state index >= 15 is 0 Å². The molecule has 19 heavy (non-hydrogen) atoms. The second-order valence-corrected chi connectivity index (χ2v) is 4.76. The van der Waals surface area contributed by atoms with Crippen molar-refractivity contribution < 1.29 is 14.6 Å². The summed E-state index contributed by atoms with van der Waals surface area (Å²) in [5, 5.41) is 12.9. The van der Waals surface area contributed by atoms with E-state index in [2.05, 4.69) is 10.3 Å². The minimum atomic E-state index is -0.0671. The molecule has 0 spiro atoms. The molecule has 5 nitrogen and oxygen atoms in total. The van der Waals surface area contributed by atoms with Crippen molar-refractivity contribution in [3.8, 4) is 5.75 Å². The first-order valence-electron chi connectivity index (χ1n) is 6.40. The Balaban J connectivity index is 1.80. The van der Waals surface area contributed by atoms with Crippen LogP contribution in [0.4, 0.5) is 0 Å². The fourth-order valence-corrected chi connectivity index (χ4v) is 2.39. The molecule has 1 amide bonds. The summed E-state index contributed by atoms with van der Waals surface area (Å²) < 4.78 is 5.76. The van der Waals surface area contributed by atoms with Gasteiger partial charge in [0.05, 0.1) is 24.6 Å². The maximum Gasteiger partial charge on any atom is 0.226 e. The van der Waals surface area contributed by atoms with Gasteiger partial charge in [-0.1, -0.05) is 12.1 Å². The Morgan fingerprint density at radius 2 is 2.32 bits per heavy atom. The molecule has 1 unspecified atom stereocenters. The van der Waals surface area contributed by atoms with Gasteiger partial charge < -0.3 is 20.1 Å². The molecule has 3 rings (SSSR count). The van der Waals surface area contributed by atoms with Crippen molar-refractivity contribution >= 4 is 16.8 Å². The summed E-state index contributed by atoms with van der Waals surface area (Å²) in [4.78, 5) is 14.6. The van der Waals surface area contributed by atoms with Crippen LogP contribution >= 0.6 is 0 Å². The lowest BCUT2D eigenvalue weighted by atomic mass is 10.1. The lowest BCUT2D eigenvalue weighted by Crippen LogP contribution is -2.23. The number of amides is 1. The number of aromatic nitrogens is 1. The summed E-state index contributed by atoms with van der Waals surface area (Å²) >= 11 is 0. The summed E-state index contributed by atoms with van der Waals surface area (Å²) in [6.07, 6.45) is 0.821. The highest BCUT2D eigenvalue weighted by molar-refractivity contribution is 5.86. The number of carbonyl (C=O) groups excluding carboxylic acids is 1. The monoisotopic (exact) mass is 260 g/mol. The van der Waals surface area contributed by atoms with E-state index in [1.807, 2.05) is 24.3 Å². The van der Waals surface area contributed by atoms with Crippen LogP contribution in [-0.4, -0.2) is 29.1 Å². The number of hydrogen-bond donors (Lipinski definition) is 3. The van der Waals surface area contributed by atoms with E-state index in [0.29, 0.717) is 6.61 Å². The number of aromatic amines is 1. The molecule has 0 aliphatic carbocycles. The quantitative estimate of drug-likeness (QED) is 0.772. The van der Waals surface area contributed by atoms with E-state index in [0.717, 1.165) is 35.3 Å². The van der Waals surface area contributed by atoms with Gasteiger partial charge in [0.2, 0.25) is 5.91 Å². The predicted octanol–water partition coefficient (Wildman–Crippen LogP) is 1.18. The Kier molecular flexibility index (Phi) is 3.13. The van der Waals surface area contributed by atoms with Crippen molar-refractivity contribution in [2.45, 2.75) is 13.0 Å². The van der Waals surface area contributed by atoms with Crippen LogP contribution in [0.5, 0.6) is 5.75 Å². The normalized spacial score (nSPS) is 18.8. The van der Waals surface area contributed by atoms with Gasteiger partial charge in [-0.25, -0.2) is 0 Å². The van der Waals surface area contributed by atoms with Gasteiger partial charge in [-0.3, -0.25) is 4.79 Å². The maximum absolute atomic E-state index is 11.5. The summed E-state index contributed by atoms with van der Waals surface area (Å²) in [5.41, 5.74) is 1.62. The van der Waals surface area contributed by atoms with Gasteiger partial charge >= 0.3 is 0 Å². The minimum absolute atomic E-state index is 0.0286. The molecular formula is C14H16N2O3. The fourth-order valence-electron chi connectivity index (χ4n) is 2.39. The van der Waals surface area contributed by atoms with Gasteiger partial charge in [0.1, 0.15) is 5.75 Å². The Bertz CT molecular complexity index is 606. The first kappa shape index (κ1) is 12.0. The van der Waals surface area contributed by atoms with Gasteiger partial charge in [-0.2, -0.15) is 0 Å². The predicted molar refractivity (Wildman–Crippen MR) is 70.8 cm³/mol. The number of carbonyl (C=O) groups is 1. The van der Waals surface area contributed by atoms with Gasteiger partial charge in [-0.15, -0.1) is 0 Å². The third-order valence-corrected chi connectivity index (χ3v) is 3.45. The molecule has 2 heterocycles. The van der Waals surface area contributed by atoms with Crippen LogP contribution in [0.25, 0.3) is 10.9 Å². The molecule has 1 aromatic carbocycles. The van der Waals surface area contributed by atoms with E-state index in [-0.39, 0.29) is 18.4 Å². The van der Waals surface area contributed by atoms with Crippen LogP contribution < -0.4 is 10.1 Å². The second-order valence-electron chi connectivity index (χ2n) is 4.76. The zero-order chi connectivity index (χ0) is 13.2. The maximum atomic E-state index is 11.5. The van der Waals surface area contributed by atoms with Crippen LogP contribution in [0.1, 0.15) is 12.1 Å². The Morgan fingerprint density at radius 3 is 3.05 bits per heavy atom. The van der Waals surface area contributed by atoms with E-state index in [4.69, 9.17) is 9.84 Å². The van der Waals surface area contributed by atoms with Crippen molar-refractivity contribution in [3.05, 3.63) is 30.0 Å². The lowest BCUT2D eigenvalue weighted by Gasteiger charge is -2.10. The zero-order valence-electron chi connectivity index (χ0n) is 10.5. The molecule has 2 aromatic rings. The van der Waals surface area contributed by atoms with Gasteiger partial charge in [0.15, 0.2) is 0 Å². The van der Waals surface area contributed by atoms with Crippen LogP contribution in [0.15, 0.2) is 24.3 Å². The van der Waals surface area contributed by atoms with E-state index in [9.17, 15) is 4.79 Å². The number of hydrogen-bond acceptors (Lipinski definition) is 3. The number of rotatable bonds is 4. The van der Waals surface area contributed by atoms with Crippen molar-refractivity contribution in [2.24, 2.45) is 5.92 Å². The smallest absolute Gasteiger partial charge is 0.226 e. The van der Waals surface area contributed by atoms with E-state index < -0.39 is 0 Å². The standard InChI is InChI=1S/C14H16N2O3/c17-7-11-6-9-2-1-3-12(13(9)16-11)19-8-10-4-5-15-14(10)18/h1-3,6,10,16-17H,4-5,7-8H2,(H,15,18). The van der Waals surface area contributed by atoms with Crippen LogP contribution in [0, 0.1) is 5.92 Å². The third-order valence-electron chi connectivity index (χ3n) is 3.45. The summed E-state index contributed by atoms with van der Waals surface area (Å²) in [7, 11) is 0. The van der Waals surface area contributed by atoms with Gasteiger partial charge in [-0.05, 0) is 18.6 Å². The Labute approximate surface area is 110 Å². The first-order chi connectivity index (χ1) is 9.28. The summed E-state index contributed by atoms with van der Waals surface area (Å²) in [6.45, 7) is 1.09. The number of H-pyrrole nitrogens is 1. The molecule has 0 radical (unpaired) electrons. The highest BCUT2D eigenvalue weighted by atomic mass is 16.5. The number of nitrogens with one attached hydrogen (secondary N) is 2. The van der Waals surface area contributed by atoms with Crippen molar-refractivity contribution in [1.29, 1.82) is 0 Å². The SMILES string of the molecule is O=C1NCCC1COc1cccc2cc(CO)[nH]c12. The topological polar surface area (TPSA) is 74.3 Å². The number of benzene rings is 1. The number of para-hydroxylation sites is 1. The number of fused-ring (bicyclic) bond motifs is 1. The average molecular weight is 260 g/mol. The van der Waals surface area contributed by atoms with Crippen LogP contribution in [-0.2, 0) is 11.4 Å². The van der Waals surface area contributed by atoms with Crippen molar-refractivity contribution in [2.75, 3.05) is 13.2 Å². The van der Waals surface area contributed by atoms with Crippen LogP contribution in [0.3, 0.4) is 0 Å². The lowest BCUT2D eigenvalue weighted by molar-refractivity contribution is -0.123. The molecule has 1 aliphatic rings. The van der Waals surface area contributed by atoms with Gasteiger partial charge in [0.25, 0.3) is 0 Å². The number of aliphatic hydroxyl groups is 1. The average Bonchev–Trinajstić information content (AvgIpc) is 3.02. The van der Waals surface area contributed by atoms with Crippen LogP contribution in [0.2, 0.25) is 0 Å². The summed E-state index contributed by atoms with van der Waals surface area (Å²) in [5.74, 6) is 0.717. The first-order valence-corrected chi connectivity index (χ1v) is 6.40. The molecule has 1 saturated heterocycles. The summed E-state index contributed by atoms with van der Waals surface area (Å²) in [6, 6.07) is 7.62. The molecule has 5 heteroatoms. The molecule has 100 valence electrons. The molecule has 0 saturated carbocycles. The molecule has 1 aromatic heterocycles. The van der Waals surface area contributed by atoms with Crippen molar-refractivity contribution in [1.82, 2.24) is 10.3 Å². The molecular weight excluding hydrogens is 244 g/mol. The van der Waals surface area contributed by atoms with E-state index in [1.165, 1.54) is 0 Å². The highest BCUT2D eigenvalue weighted by Crippen LogP contribution is 2.26. The molecule has 1 atom stereocenters. The third kappa shape index (κ3) is 2.29. The second kappa shape index (κ2) is 4.93. The Morgan fingerprint density at radius 1 is 1.42 bits per heavy atom. The largest absolute Gasteiger partial charge is 0.491 e. The highest BCUT2D eigenvalue weighted by Gasteiger charge is 2.24. The Hall–Kier alpha value is -2.01. The fraction of sp³-hybridized carbons (Fsp3) is 0.357. The molecule has 1 aliphatic heterocycles. The van der Waals surface area contributed by atoms with Crippen molar-refractivity contribution in [3.63, 3.8) is 0 Å². The number of aliphatic hydroxyl groups excluding tert-OH is 1. The molecule has 1 fully saturated rings. The van der Waals surface area contributed by atoms with E-state index in [1.54, 1.807) is 0 Å². The number of ether oxygens (including phenoxy) is 1. The minimum Gasteiger partial charge on any atom is -0.491 e. The molecule has 3 N–H and O–H groups in total. The van der Waals surface area contributed by atoms with Gasteiger partial charge in [0, 0.05) is 17.6 Å². The zero-order valence-corrected chi connectivity index (χ0v) is 10.5.